The van der Waals surface area contributed by atoms with Gasteiger partial charge < -0.3 is 10.2 Å². The molecule has 3 aromatic rings. The van der Waals surface area contributed by atoms with Crippen LogP contribution in [-0.2, 0) is 5.75 Å². The molecule has 0 saturated carbocycles. The largest absolute Gasteiger partial charge is 0.362 e. The molecule has 1 N–H and O–H groups in total. The lowest BCUT2D eigenvalue weighted by Crippen LogP contribution is -2.30. The molecule has 0 fully saturated rings. The fourth-order valence-corrected chi connectivity index (χ4v) is 4.34. The van der Waals surface area contributed by atoms with Crippen LogP contribution in [0.2, 0.25) is 0 Å². The van der Waals surface area contributed by atoms with Crippen molar-refractivity contribution < 1.29 is 0 Å². The van der Waals surface area contributed by atoms with Crippen LogP contribution in [0.4, 0.5) is 0 Å². The van der Waals surface area contributed by atoms with E-state index in [-0.39, 0.29) is 11.1 Å². The van der Waals surface area contributed by atoms with Crippen LogP contribution in [0, 0.1) is 13.8 Å². The monoisotopic (exact) mass is 378 g/mol. The molecule has 0 radical (unpaired) electrons. The Morgan fingerprint density at radius 2 is 1.89 bits per heavy atom. The lowest BCUT2D eigenvalue weighted by atomic mass is 10.1. The van der Waals surface area contributed by atoms with Gasteiger partial charge in [0.2, 0.25) is 0 Å². The summed E-state index contributed by atoms with van der Waals surface area (Å²) in [5, 5.41) is 3.99. The average Bonchev–Trinajstić information content (AvgIpc) is 3.06. The summed E-state index contributed by atoms with van der Waals surface area (Å²) in [5.74, 6) is 1.39. The Kier molecular flexibility index (Phi) is 4.66. The van der Waals surface area contributed by atoms with Crippen molar-refractivity contribution in [3.63, 3.8) is 0 Å². The molecule has 0 bridgehead atoms. The summed E-state index contributed by atoms with van der Waals surface area (Å²) in [6.45, 7) is 3.99. The average molecular weight is 379 g/mol. The highest BCUT2D eigenvalue weighted by atomic mass is 32.2. The molecule has 0 saturated heterocycles. The molecule has 1 aliphatic heterocycles. The predicted molar refractivity (Wildman–Crippen MR) is 112 cm³/mol. The SMILES string of the molecule is Cc1ccccc1-n1c(CSC2NC=CN2C)nc2cccc(C)c2c1=O. The van der Waals surface area contributed by atoms with Gasteiger partial charge in [0.15, 0.2) is 0 Å². The molecule has 138 valence electrons. The maximum atomic E-state index is 13.5. The van der Waals surface area contributed by atoms with Gasteiger partial charge in [0.1, 0.15) is 11.3 Å². The summed E-state index contributed by atoms with van der Waals surface area (Å²) >= 11 is 1.71. The van der Waals surface area contributed by atoms with Crippen LogP contribution in [0.3, 0.4) is 0 Å². The standard InChI is InChI=1S/C21H22N4OS/c1-14-7-4-5-10-17(14)25-18(13-27-21-22-11-12-24(21)3)23-16-9-6-8-15(2)19(16)20(25)26/h4-12,21-22H,13H2,1-3H3. The topological polar surface area (TPSA) is 50.2 Å². The smallest absolute Gasteiger partial charge is 0.266 e. The van der Waals surface area contributed by atoms with Gasteiger partial charge in [0.25, 0.3) is 5.56 Å². The minimum atomic E-state index is -0.00568. The molecule has 1 aromatic heterocycles. The first-order valence-corrected chi connectivity index (χ1v) is 9.94. The number of hydrogen-bond donors (Lipinski definition) is 1. The van der Waals surface area contributed by atoms with Crippen molar-refractivity contribution in [2.45, 2.75) is 25.1 Å². The Bertz CT molecular complexity index is 1090. The third-order valence-corrected chi connectivity index (χ3v) is 6.03. The van der Waals surface area contributed by atoms with Crippen molar-refractivity contribution in [2.24, 2.45) is 0 Å². The Hall–Kier alpha value is -2.73. The second-order valence-electron chi connectivity index (χ2n) is 6.74. The van der Waals surface area contributed by atoms with Gasteiger partial charge in [-0.15, -0.1) is 11.8 Å². The van der Waals surface area contributed by atoms with Crippen molar-refractivity contribution in [3.8, 4) is 5.69 Å². The molecule has 5 nitrogen and oxygen atoms in total. The second kappa shape index (κ2) is 7.12. The van der Waals surface area contributed by atoms with E-state index in [0.717, 1.165) is 28.2 Å². The lowest BCUT2D eigenvalue weighted by Gasteiger charge is -2.21. The number of aromatic nitrogens is 2. The first kappa shape index (κ1) is 17.7. The van der Waals surface area contributed by atoms with E-state index < -0.39 is 0 Å². The molecule has 1 atom stereocenters. The van der Waals surface area contributed by atoms with Crippen molar-refractivity contribution >= 4 is 22.7 Å². The van der Waals surface area contributed by atoms with E-state index in [1.54, 1.807) is 16.3 Å². The normalized spacial score (nSPS) is 16.1. The summed E-state index contributed by atoms with van der Waals surface area (Å²) in [6, 6.07) is 13.8. The van der Waals surface area contributed by atoms with E-state index in [4.69, 9.17) is 4.98 Å². The quantitative estimate of drug-likeness (QED) is 0.753. The second-order valence-corrected chi connectivity index (χ2v) is 7.80. The molecule has 27 heavy (non-hydrogen) atoms. The molecule has 2 heterocycles. The summed E-state index contributed by atoms with van der Waals surface area (Å²) in [7, 11) is 2.03. The van der Waals surface area contributed by atoms with E-state index in [1.165, 1.54) is 0 Å². The number of thioether (sulfide) groups is 1. The van der Waals surface area contributed by atoms with Gasteiger partial charge in [-0.05, 0) is 37.1 Å². The molecular weight excluding hydrogens is 356 g/mol. The van der Waals surface area contributed by atoms with Gasteiger partial charge >= 0.3 is 0 Å². The van der Waals surface area contributed by atoms with Crippen LogP contribution in [-0.4, -0.2) is 27.0 Å². The molecule has 2 aromatic carbocycles. The summed E-state index contributed by atoms with van der Waals surface area (Å²) in [4.78, 5) is 20.4. The summed E-state index contributed by atoms with van der Waals surface area (Å²) < 4.78 is 1.78. The van der Waals surface area contributed by atoms with Crippen LogP contribution < -0.4 is 10.9 Å². The van der Waals surface area contributed by atoms with E-state index >= 15 is 0 Å². The Morgan fingerprint density at radius 3 is 2.63 bits per heavy atom. The molecule has 1 aliphatic rings. The van der Waals surface area contributed by atoms with Crippen LogP contribution in [0.15, 0.2) is 59.7 Å². The maximum absolute atomic E-state index is 13.5. The fraction of sp³-hybridized carbons (Fsp3) is 0.238. The third kappa shape index (κ3) is 3.21. The van der Waals surface area contributed by atoms with E-state index in [0.29, 0.717) is 11.1 Å². The number of nitrogens with one attached hydrogen (secondary N) is 1. The zero-order valence-electron chi connectivity index (χ0n) is 15.6. The van der Waals surface area contributed by atoms with Crippen LogP contribution in [0.5, 0.6) is 0 Å². The number of nitrogens with zero attached hydrogens (tertiary/aromatic N) is 3. The van der Waals surface area contributed by atoms with Crippen molar-refractivity contribution in [2.75, 3.05) is 7.05 Å². The van der Waals surface area contributed by atoms with Gasteiger partial charge in [-0.2, -0.15) is 0 Å². The highest BCUT2D eigenvalue weighted by Crippen LogP contribution is 2.24. The first-order chi connectivity index (χ1) is 13.1. The Labute approximate surface area is 162 Å². The molecule has 4 rings (SSSR count). The van der Waals surface area contributed by atoms with Crippen LogP contribution >= 0.6 is 11.8 Å². The minimum Gasteiger partial charge on any atom is -0.362 e. The van der Waals surface area contributed by atoms with Gasteiger partial charge in [0, 0.05) is 19.4 Å². The number of fused-ring (bicyclic) bond motifs is 1. The summed E-state index contributed by atoms with van der Waals surface area (Å²) in [5.41, 5.74) is 3.79. The Balaban J connectivity index is 1.87. The van der Waals surface area contributed by atoms with E-state index in [2.05, 4.69) is 10.2 Å². The van der Waals surface area contributed by atoms with Gasteiger partial charge in [0.05, 0.1) is 22.3 Å². The highest BCUT2D eigenvalue weighted by molar-refractivity contribution is 7.99. The van der Waals surface area contributed by atoms with Crippen molar-refractivity contribution in [1.29, 1.82) is 0 Å². The van der Waals surface area contributed by atoms with Gasteiger partial charge in [-0.25, -0.2) is 4.98 Å². The first-order valence-electron chi connectivity index (χ1n) is 8.90. The van der Waals surface area contributed by atoms with Crippen molar-refractivity contribution in [1.82, 2.24) is 19.8 Å². The highest BCUT2D eigenvalue weighted by Gasteiger charge is 2.19. The molecule has 0 amide bonds. The fourth-order valence-electron chi connectivity index (χ4n) is 3.36. The molecule has 1 unspecified atom stereocenters. The number of benzene rings is 2. The van der Waals surface area contributed by atoms with Crippen LogP contribution in [0.25, 0.3) is 16.6 Å². The Morgan fingerprint density at radius 1 is 1.11 bits per heavy atom. The van der Waals surface area contributed by atoms with Crippen molar-refractivity contribution in [3.05, 3.63) is 82.2 Å². The number of aryl methyl sites for hydroxylation is 2. The molecule has 0 aliphatic carbocycles. The van der Waals surface area contributed by atoms with Gasteiger partial charge in [-0.1, -0.05) is 30.3 Å². The van der Waals surface area contributed by atoms with E-state index in [1.807, 2.05) is 75.8 Å². The molecule has 0 spiro atoms. The zero-order valence-corrected chi connectivity index (χ0v) is 16.5. The third-order valence-electron chi connectivity index (χ3n) is 4.82. The predicted octanol–water partition coefficient (Wildman–Crippen LogP) is 3.53. The minimum absolute atomic E-state index is 0.00568. The lowest BCUT2D eigenvalue weighted by molar-refractivity contribution is 0.436. The maximum Gasteiger partial charge on any atom is 0.266 e. The number of rotatable bonds is 4. The van der Waals surface area contributed by atoms with Crippen LogP contribution in [0.1, 0.15) is 17.0 Å². The van der Waals surface area contributed by atoms with Gasteiger partial charge in [-0.3, -0.25) is 9.36 Å². The zero-order chi connectivity index (χ0) is 19.0. The molecular formula is C21H22N4OS. The molecule has 6 heteroatoms. The number of hydrogen-bond acceptors (Lipinski definition) is 5. The summed E-state index contributed by atoms with van der Waals surface area (Å²) in [6.07, 6.45) is 3.94. The van der Waals surface area contributed by atoms with E-state index in [9.17, 15) is 4.79 Å². The number of para-hydroxylation sites is 1.